The van der Waals surface area contributed by atoms with E-state index in [1.807, 2.05) is 41.8 Å². The maximum atomic E-state index is 12.4. The predicted molar refractivity (Wildman–Crippen MR) is 119 cm³/mol. The summed E-state index contributed by atoms with van der Waals surface area (Å²) >= 11 is 3.27. The number of benzene rings is 1. The Labute approximate surface area is 180 Å². The van der Waals surface area contributed by atoms with Crippen LogP contribution in [-0.4, -0.2) is 30.8 Å². The molecule has 0 saturated carbocycles. The first-order chi connectivity index (χ1) is 14.7. The fourth-order valence-electron chi connectivity index (χ4n) is 3.23. The van der Waals surface area contributed by atoms with Gasteiger partial charge in [0, 0.05) is 35.8 Å². The van der Waals surface area contributed by atoms with Gasteiger partial charge in [0.05, 0.1) is 22.6 Å². The molecular weight excluding hydrogens is 418 g/mol. The zero-order valence-electron chi connectivity index (χ0n) is 15.8. The first kappa shape index (κ1) is 18.8. The first-order valence-corrected chi connectivity index (χ1v) is 11.2. The van der Waals surface area contributed by atoms with Crippen molar-refractivity contribution in [3.05, 3.63) is 70.7 Å². The maximum absolute atomic E-state index is 12.4. The number of aryl methyl sites for hydroxylation is 1. The van der Waals surface area contributed by atoms with Crippen molar-refractivity contribution in [1.82, 2.24) is 19.1 Å². The van der Waals surface area contributed by atoms with Crippen LogP contribution < -0.4 is 10.9 Å². The van der Waals surface area contributed by atoms with Gasteiger partial charge in [-0.3, -0.25) is 14.2 Å². The highest BCUT2D eigenvalue weighted by Gasteiger charge is 2.15. The average Bonchev–Trinajstić information content (AvgIpc) is 3.48. The van der Waals surface area contributed by atoms with E-state index in [4.69, 9.17) is 0 Å². The number of fused-ring (bicyclic) bond motifs is 1. The molecule has 3 aromatic heterocycles. The Morgan fingerprint density at radius 1 is 1.17 bits per heavy atom. The third-order valence-electron chi connectivity index (χ3n) is 4.73. The van der Waals surface area contributed by atoms with Gasteiger partial charge in [0.25, 0.3) is 5.56 Å². The second kappa shape index (κ2) is 7.92. The van der Waals surface area contributed by atoms with E-state index in [-0.39, 0.29) is 18.0 Å². The van der Waals surface area contributed by atoms with Gasteiger partial charge in [-0.15, -0.1) is 11.3 Å². The fraction of sp³-hybridized carbons (Fsp3) is 0.143. The zero-order valence-corrected chi connectivity index (χ0v) is 17.4. The number of hydrogen-bond donors (Lipinski definition) is 1. The van der Waals surface area contributed by atoms with Crippen LogP contribution in [0.15, 0.2) is 70.3 Å². The smallest absolute Gasteiger partial charge is 0.254 e. The lowest BCUT2D eigenvalue weighted by molar-refractivity contribution is -0.116. The minimum absolute atomic E-state index is 0.0940. The van der Waals surface area contributed by atoms with Gasteiger partial charge < -0.3 is 9.88 Å². The molecule has 1 aromatic carbocycles. The third kappa shape index (κ3) is 3.81. The molecular formula is C21H17N5O2S2. The number of thiophene rings is 1. The standard InChI is InChI=1S/C21H17N5O2S2/c27-19(12-26-13-22-16(10-20(26)28)18-2-1-8-29-18)23-15-5-3-14(4-6-15)17-11-25-7-9-30-21(25)24-17/h1-6,8,10-11,13H,7,9,12H2,(H,23,27). The summed E-state index contributed by atoms with van der Waals surface area (Å²) in [5, 5.41) is 5.80. The summed E-state index contributed by atoms with van der Waals surface area (Å²) < 4.78 is 3.45. The molecule has 4 aromatic rings. The summed E-state index contributed by atoms with van der Waals surface area (Å²) in [6.45, 7) is 0.896. The molecule has 0 fully saturated rings. The number of anilines is 1. The Bertz CT molecular complexity index is 1240. The second-order valence-corrected chi connectivity index (χ2v) is 8.80. The van der Waals surface area contributed by atoms with Gasteiger partial charge >= 0.3 is 0 Å². The van der Waals surface area contributed by atoms with E-state index >= 15 is 0 Å². The lowest BCUT2D eigenvalue weighted by atomic mass is 10.1. The first-order valence-electron chi connectivity index (χ1n) is 9.36. The quantitative estimate of drug-likeness (QED) is 0.518. The largest absolute Gasteiger partial charge is 0.325 e. The highest BCUT2D eigenvalue weighted by Crippen LogP contribution is 2.29. The van der Waals surface area contributed by atoms with Crippen LogP contribution in [-0.2, 0) is 17.9 Å². The van der Waals surface area contributed by atoms with Crippen molar-refractivity contribution in [2.75, 3.05) is 11.1 Å². The van der Waals surface area contributed by atoms with E-state index in [0.29, 0.717) is 11.4 Å². The van der Waals surface area contributed by atoms with E-state index in [1.165, 1.54) is 28.3 Å². The molecule has 0 bridgehead atoms. The number of thioether (sulfide) groups is 1. The second-order valence-electron chi connectivity index (χ2n) is 6.79. The van der Waals surface area contributed by atoms with Gasteiger partial charge in [0.15, 0.2) is 5.16 Å². The zero-order chi connectivity index (χ0) is 20.5. The van der Waals surface area contributed by atoms with E-state index < -0.39 is 0 Å². The Morgan fingerprint density at radius 2 is 2.03 bits per heavy atom. The van der Waals surface area contributed by atoms with E-state index in [0.717, 1.165) is 33.6 Å². The Balaban J connectivity index is 1.25. The number of imidazole rings is 1. The molecule has 1 aliphatic rings. The molecule has 9 heteroatoms. The lowest BCUT2D eigenvalue weighted by Gasteiger charge is -2.08. The minimum Gasteiger partial charge on any atom is -0.325 e. The van der Waals surface area contributed by atoms with Crippen molar-refractivity contribution < 1.29 is 4.79 Å². The van der Waals surface area contributed by atoms with Gasteiger partial charge in [-0.1, -0.05) is 30.0 Å². The number of aromatic nitrogens is 4. The van der Waals surface area contributed by atoms with Gasteiger partial charge in [-0.05, 0) is 23.6 Å². The van der Waals surface area contributed by atoms with Crippen molar-refractivity contribution in [1.29, 1.82) is 0 Å². The van der Waals surface area contributed by atoms with Gasteiger partial charge in [-0.25, -0.2) is 9.97 Å². The van der Waals surface area contributed by atoms with Gasteiger partial charge in [0.1, 0.15) is 6.54 Å². The normalized spacial score (nSPS) is 12.7. The van der Waals surface area contributed by atoms with Crippen molar-refractivity contribution >= 4 is 34.7 Å². The van der Waals surface area contributed by atoms with Crippen LogP contribution >= 0.6 is 23.1 Å². The van der Waals surface area contributed by atoms with Crippen molar-refractivity contribution in [3.8, 4) is 21.8 Å². The van der Waals surface area contributed by atoms with E-state index in [9.17, 15) is 9.59 Å². The SMILES string of the molecule is O=C(Cn1cnc(-c2cccs2)cc1=O)Nc1ccc(-c2cn3c(n2)SCC3)cc1. The highest BCUT2D eigenvalue weighted by molar-refractivity contribution is 7.99. The molecule has 150 valence electrons. The maximum Gasteiger partial charge on any atom is 0.254 e. The molecule has 1 N–H and O–H groups in total. The Hall–Kier alpha value is -3.17. The molecule has 5 rings (SSSR count). The topological polar surface area (TPSA) is 81.8 Å². The van der Waals surface area contributed by atoms with E-state index in [2.05, 4.69) is 26.0 Å². The molecule has 0 unspecified atom stereocenters. The molecule has 4 heterocycles. The molecule has 1 aliphatic heterocycles. The summed E-state index contributed by atoms with van der Waals surface area (Å²) in [6.07, 6.45) is 3.47. The molecule has 0 aliphatic carbocycles. The number of carbonyl (C=O) groups excluding carboxylic acids is 1. The Morgan fingerprint density at radius 3 is 2.77 bits per heavy atom. The third-order valence-corrected chi connectivity index (χ3v) is 6.60. The number of nitrogens with zero attached hydrogens (tertiary/aromatic N) is 4. The van der Waals surface area contributed by atoms with Crippen LogP contribution in [0.1, 0.15) is 0 Å². The van der Waals surface area contributed by atoms with Gasteiger partial charge in [0.2, 0.25) is 5.91 Å². The molecule has 0 spiro atoms. The van der Waals surface area contributed by atoms with Crippen LogP contribution in [0.2, 0.25) is 0 Å². The number of nitrogens with one attached hydrogen (secondary N) is 1. The molecule has 1 amide bonds. The Kier molecular flexibility index (Phi) is 4.97. The summed E-state index contributed by atoms with van der Waals surface area (Å²) in [5.41, 5.74) is 2.95. The van der Waals surface area contributed by atoms with Crippen LogP contribution in [0.5, 0.6) is 0 Å². The minimum atomic E-state index is -0.284. The summed E-state index contributed by atoms with van der Waals surface area (Å²) in [6, 6.07) is 12.8. The van der Waals surface area contributed by atoms with Crippen LogP contribution in [0.4, 0.5) is 5.69 Å². The number of amides is 1. The highest BCUT2D eigenvalue weighted by atomic mass is 32.2. The predicted octanol–water partition coefficient (Wildman–Crippen LogP) is 3.58. The van der Waals surface area contributed by atoms with Gasteiger partial charge in [-0.2, -0.15) is 0 Å². The number of hydrogen-bond acceptors (Lipinski definition) is 6. The molecule has 30 heavy (non-hydrogen) atoms. The number of rotatable bonds is 5. The van der Waals surface area contributed by atoms with E-state index in [1.54, 1.807) is 11.8 Å². The van der Waals surface area contributed by atoms with Crippen molar-refractivity contribution in [3.63, 3.8) is 0 Å². The molecule has 0 saturated heterocycles. The fourth-order valence-corrected chi connectivity index (χ4v) is 4.87. The summed E-state index contributed by atoms with van der Waals surface area (Å²) in [4.78, 5) is 34.6. The lowest BCUT2D eigenvalue weighted by Crippen LogP contribution is -2.27. The monoisotopic (exact) mass is 435 g/mol. The number of carbonyl (C=O) groups is 1. The van der Waals surface area contributed by atoms with Crippen LogP contribution in [0.3, 0.4) is 0 Å². The molecule has 0 atom stereocenters. The summed E-state index contributed by atoms with van der Waals surface area (Å²) in [7, 11) is 0. The van der Waals surface area contributed by atoms with Crippen molar-refractivity contribution in [2.24, 2.45) is 0 Å². The average molecular weight is 436 g/mol. The molecule has 0 radical (unpaired) electrons. The summed E-state index contributed by atoms with van der Waals surface area (Å²) in [5.74, 6) is 0.788. The van der Waals surface area contributed by atoms with Crippen LogP contribution in [0.25, 0.3) is 21.8 Å². The molecule has 7 nitrogen and oxygen atoms in total. The van der Waals surface area contributed by atoms with Crippen LogP contribution in [0, 0.1) is 0 Å². The van der Waals surface area contributed by atoms with Crippen molar-refractivity contribution in [2.45, 2.75) is 18.2 Å².